The number of nitro groups is 1. The van der Waals surface area contributed by atoms with Gasteiger partial charge in [0.25, 0.3) is 5.69 Å². The molecule has 0 radical (unpaired) electrons. The Hall–Kier alpha value is -1.97. The van der Waals surface area contributed by atoms with Gasteiger partial charge in [-0.1, -0.05) is 13.2 Å². The summed E-state index contributed by atoms with van der Waals surface area (Å²) in [5, 5.41) is 10.7. The van der Waals surface area contributed by atoms with E-state index < -0.39 is 10.7 Å². The maximum absolute atomic E-state index is 13.9. The summed E-state index contributed by atoms with van der Waals surface area (Å²) in [5.41, 5.74) is 1.06. The van der Waals surface area contributed by atoms with Crippen LogP contribution in [0.3, 0.4) is 0 Å². The third kappa shape index (κ3) is 2.16. The second kappa shape index (κ2) is 4.26. The topological polar surface area (TPSA) is 43.1 Å². The van der Waals surface area contributed by atoms with Crippen LogP contribution in [0.25, 0.3) is 11.1 Å². The molecule has 84 valence electrons. The standard InChI is InChI=1S/C12H12FNO2/c1-7(2)10-5-9(14(15)16)6-11(8(3)4)12(10)13/h5-6H,1,3H2,2,4H3. The Balaban J connectivity index is 3.57. The second-order valence-corrected chi connectivity index (χ2v) is 3.67. The van der Waals surface area contributed by atoms with Gasteiger partial charge in [0, 0.05) is 23.3 Å². The highest BCUT2D eigenvalue weighted by Gasteiger charge is 2.17. The number of nitro benzene ring substituents is 1. The van der Waals surface area contributed by atoms with Gasteiger partial charge in [-0.15, -0.1) is 0 Å². The van der Waals surface area contributed by atoms with Crippen molar-refractivity contribution in [2.45, 2.75) is 13.8 Å². The zero-order valence-electron chi connectivity index (χ0n) is 9.21. The molecule has 0 saturated carbocycles. The van der Waals surface area contributed by atoms with Crippen molar-refractivity contribution in [1.82, 2.24) is 0 Å². The molecule has 1 rings (SSSR count). The number of halogens is 1. The first-order valence-corrected chi connectivity index (χ1v) is 4.64. The molecule has 0 saturated heterocycles. The smallest absolute Gasteiger partial charge is 0.258 e. The molecular weight excluding hydrogens is 209 g/mol. The lowest BCUT2D eigenvalue weighted by Crippen LogP contribution is -1.97. The van der Waals surface area contributed by atoms with Crippen molar-refractivity contribution in [1.29, 1.82) is 0 Å². The van der Waals surface area contributed by atoms with E-state index in [2.05, 4.69) is 13.2 Å². The van der Waals surface area contributed by atoms with Crippen LogP contribution in [-0.4, -0.2) is 4.92 Å². The molecule has 0 spiro atoms. The summed E-state index contributed by atoms with van der Waals surface area (Å²) in [7, 11) is 0. The fourth-order valence-corrected chi connectivity index (χ4v) is 1.34. The number of hydrogen-bond donors (Lipinski definition) is 0. The van der Waals surface area contributed by atoms with Crippen LogP contribution in [0.15, 0.2) is 25.3 Å². The van der Waals surface area contributed by atoms with E-state index in [1.165, 1.54) is 12.1 Å². The summed E-state index contributed by atoms with van der Waals surface area (Å²) in [6, 6.07) is 2.37. The fourth-order valence-electron chi connectivity index (χ4n) is 1.34. The lowest BCUT2D eigenvalue weighted by molar-refractivity contribution is -0.384. The zero-order valence-corrected chi connectivity index (χ0v) is 9.21. The fraction of sp³-hybridized carbons (Fsp3) is 0.167. The summed E-state index contributed by atoms with van der Waals surface area (Å²) >= 11 is 0. The van der Waals surface area contributed by atoms with E-state index >= 15 is 0 Å². The molecule has 0 amide bonds. The Labute approximate surface area is 93.1 Å². The van der Waals surface area contributed by atoms with Crippen LogP contribution < -0.4 is 0 Å². The van der Waals surface area contributed by atoms with E-state index in [1.807, 2.05) is 0 Å². The highest BCUT2D eigenvalue weighted by molar-refractivity contribution is 5.72. The first-order valence-electron chi connectivity index (χ1n) is 4.64. The van der Waals surface area contributed by atoms with Crippen LogP contribution in [-0.2, 0) is 0 Å². The Kier molecular flexibility index (Phi) is 3.22. The van der Waals surface area contributed by atoms with Gasteiger partial charge in [-0.05, 0) is 25.0 Å². The van der Waals surface area contributed by atoms with Crippen molar-refractivity contribution in [2.24, 2.45) is 0 Å². The molecule has 4 heteroatoms. The van der Waals surface area contributed by atoms with Gasteiger partial charge in [-0.25, -0.2) is 4.39 Å². The highest BCUT2D eigenvalue weighted by Crippen LogP contribution is 2.29. The second-order valence-electron chi connectivity index (χ2n) is 3.67. The van der Waals surface area contributed by atoms with Crippen LogP contribution in [0.1, 0.15) is 25.0 Å². The van der Waals surface area contributed by atoms with Crippen molar-refractivity contribution in [2.75, 3.05) is 0 Å². The van der Waals surface area contributed by atoms with Crippen LogP contribution in [0.4, 0.5) is 10.1 Å². The largest absolute Gasteiger partial charge is 0.270 e. The number of hydrogen-bond acceptors (Lipinski definition) is 2. The minimum absolute atomic E-state index is 0.155. The van der Waals surface area contributed by atoms with Gasteiger partial charge >= 0.3 is 0 Å². The monoisotopic (exact) mass is 221 g/mol. The predicted octanol–water partition coefficient (Wildman–Crippen LogP) is 3.80. The van der Waals surface area contributed by atoms with Gasteiger partial charge in [0.1, 0.15) is 5.82 Å². The Morgan fingerprint density at radius 3 is 1.88 bits per heavy atom. The average molecular weight is 221 g/mol. The minimum Gasteiger partial charge on any atom is -0.258 e. The molecule has 0 bridgehead atoms. The third-order valence-electron chi connectivity index (χ3n) is 2.19. The summed E-state index contributed by atoms with van der Waals surface area (Å²) in [6.45, 7) is 10.4. The molecule has 0 heterocycles. The molecule has 0 aromatic heterocycles. The SMILES string of the molecule is C=C(C)c1cc([N+](=O)[O-])cc(C(=C)C)c1F. The molecular formula is C12H12FNO2. The van der Waals surface area contributed by atoms with E-state index in [1.54, 1.807) is 13.8 Å². The molecule has 0 atom stereocenters. The van der Waals surface area contributed by atoms with E-state index in [0.29, 0.717) is 11.1 Å². The van der Waals surface area contributed by atoms with Crippen molar-refractivity contribution >= 4 is 16.8 Å². The molecule has 0 aliphatic rings. The molecule has 0 N–H and O–H groups in total. The first kappa shape index (κ1) is 12.1. The van der Waals surface area contributed by atoms with Crippen LogP contribution >= 0.6 is 0 Å². The van der Waals surface area contributed by atoms with Gasteiger partial charge in [0.2, 0.25) is 0 Å². The van der Waals surface area contributed by atoms with E-state index in [9.17, 15) is 14.5 Å². The maximum Gasteiger partial charge on any atom is 0.270 e. The lowest BCUT2D eigenvalue weighted by atomic mass is 10.00. The number of non-ortho nitro benzene ring substituents is 1. The number of rotatable bonds is 3. The number of allylic oxidation sites excluding steroid dienone is 2. The van der Waals surface area contributed by atoms with Crippen molar-refractivity contribution in [3.05, 3.63) is 52.3 Å². The van der Waals surface area contributed by atoms with Gasteiger partial charge in [0.05, 0.1) is 4.92 Å². The molecule has 0 aliphatic heterocycles. The van der Waals surface area contributed by atoms with Crippen LogP contribution in [0.2, 0.25) is 0 Å². The molecule has 0 aliphatic carbocycles. The lowest BCUT2D eigenvalue weighted by Gasteiger charge is -2.08. The van der Waals surface area contributed by atoms with E-state index in [4.69, 9.17) is 0 Å². The summed E-state index contributed by atoms with van der Waals surface area (Å²) in [5.74, 6) is -0.509. The molecule has 0 unspecified atom stereocenters. The molecule has 16 heavy (non-hydrogen) atoms. The third-order valence-corrected chi connectivity index (χ3v) is 2.19. The van der Waals surface area contributed by atoms with Crippen molar-refractivity contribution in [3.8, 4) is 0 Å². The predicted molar refractivity (Wildman–Crippen MR) is 62.5 cm³/mol. The molecule has 1 aromatic carbocycles. The van der Waals surface area contributed by atoms with Crippen molar-refractivity contribution in [3.63, 3.8) is 0 Å². The Morgan fingerprint density at radius 2 is 1.62 bits per heavy atom. The van der Waals surface area contributed by atoms with Crippen LogP contribution in [0.5, 0.6) is 0 Å². The van der Waals surface area contributed by atoms with Gasteiger partial charge in [0.15, 0.2) is 0 Å². The van der Waals surface area contributed by atoms with Gasteiger partial charge in [-0.2, -0.15) is 0 Å². The van der Waals surface area contributed by atoms with Gasteiger partial charge < -0.3 is 0 Å². The minimum atomic E-state index is -0.557. The number of nitrogens with zero attached hydrogens (tertiary/aromatic N) is 1. The van der Waals surface area contributed by atoms with Crippen molar-refractivity contribution < 1.29 is 9.31 Å². The van der Waals surface area contributed by atoms with E-state index in [0.717, 1.165) is 0 Å². The highest BCUT2D eigenvalue weighted by atomic mass is 19.1. The van der Waals surface area contributed by atoms with Crippen LogP contribution in [0, 0.1) is 15.9 Å². The quantitative estimate of drug-likeness (QED) is 0.575. The molecule has 0 fully saturated rings. The van der Waals surface area contributed by atoms with Gasteiger partial charge in [-0.3, -0.25) is 10.1 Å². The first-order chi connectivity index (χ1) is 7.34. The number of benzene rings is 1. The Bertz CT molecular complexity index is 457. The Morgan fingerprint density at radius 1 is 1.25 bits per heavy atom. The molecule has 3 nitrogen and oxygen atoms in total. The molecule has 1 aromatic rings. The summed E-state index contributed by atoms with van der Waals surface area (Å²) < 4.78 is 13.9. The maximum atomic E-state index is 13.9. The average Bonchev–Trinajstić information content (AvgIpc) is 2.16. The van der Waals surface area contributed by atoms with E-state index in [-0.39, 0.29) is 16.8 Å². The zero-order chi connectivity index (χ0) is 12.5. The summed E-state index contributed by atoms with van der Waals surface area (Å²) in [6.07, 6.45) is 0. The summed E-state index contributed by atoms with van der Waals surface area (Å²) in [4.78, 5) is 10.1. The normalized spacial score (nSPS) is 9.94.